The highest BCUT2D eigenvalue weighted by atomic mass is 16.5. The van der Waals surface area contributed by atoms with Crippen molar-refractivity contribution in [2.45, 2.75) is 33.2 Å². The molecule has 4 nitrogen and oxygen atoms in total. The maximum Gasteiger partial charge on any atom is 0.239 e. The van der Waals surface area contributed by atoms with Gasteiger partial charge in [-0.3, -0.25) is 4.79 Å². The minimum absolute atomic E-state index is 0.0229. The molecule has 1 amide bonds. The normalized spacial score (nSPS) is 12.6. The van der Waals surface area contributed by atoms with Gasteiger partial charge in [0.15, 0.2) is 0 Å². The number of hydrogen-bond donors (Lipinski definition) is 1. The topological polar surface area (TPSA) is 55.6 Å². The molecule has 0 spiro atoms. The number of ether oxygens (including phenoxy) is 1. The molecule has 2 N–H and O–H groups in total. The zero-order valence-corrected chi connectivity index (χ0v) is 9.45. The van der Waals surface area contributed by atoms with Crippen molar-refractivity contribution in [3.63, 3.8) is 0 Å². The number of likely N-dealkylation sites (N-methyl/N-ethyl adjacent to an activating group) is 1. The number of rotatable bonds is 7. The fourth-order valence-electron chi connectivity index (χ4n) is 1.15. The first-order valence-electron chi connectivity index (χ1n) is 5.29. The van der Waals surface area contributed by atoms with Crippen LogP contribution in [-0.4, -0.2) is 43.2 Å². The zero-order valence-electron chi connectivity index (χ0n) is 9.45. The molecule has 0 aliphatic rings. The minimum atomic E-state index is -0.364. The fraction of sp³-hybridized carbons (Fsp3) is 0.900. The van der Waals surface area contributed by atoms with Gasteiger partial charge in [-0.25, -0.2) is 0 Å². The molecular formula is C10H22N2O2. The van der Waals surface area contributed by atoms with Crippen LogP contribution in [-0.2, 0) is 9.53 Å². The summed E-state index contributed by atoms with van der Waals surface area (Å²) in [5.74, 6) is 0.0229. The van der Waals surface area contributed by atoms with Crippen molar-refractivity contribution in [2.75, 3.05) is 26.3 Å². The fourth-order valence-corrected chi connectivity index (χ4v) is 1.15. The average molecular weight is 202 g/mol. The second kappa shape index (κ2) is 7.76. The highest BCUT2D eigenvalue weighted by Gasteiger charge is 2.17. The molecule has 0 bridgehead atoms. The van der Waals surface area contributed by atoms with Crippen LogP contribution < -0.4 is 5.73 Å². The lowest BCUT2D eigenvalue weighted by atomic mass is 10.2. The van der Waals surface area contributed by atoms with E-state index in [1.807, 2.05) is 20.8 Å². The third kappa shape index (κ3) is 4.58. The SMILES string of the molecule is CCOCCN(CC)C(=O)[C@H](N)CC. The van der Waals surface area contributed by atoms with Crippen LogP contribution in [0.5, 0.6) is 0 Å². The van der Waals surface area contributed by atoms with Crippen LogP contribution in [0.25, 0.3) is 0 Å². The molecule has 0 aromatic rings. The lowest BCUT2D eigenvalue weighted by Gasteiger charge is -2.23. The van der Waals surface area contributed by atoms with Crippen molar-refractivity contribution in [1.82, 2.24) is 4.90 Å². The van der Waals surface area contributed by atoms with Gasteiger partial charge >= 0.3 is 0 Å². The monoisotopic (exact) mass is 202 g/mol. The second-order valence-electron chi connectivity index (χ2n) is 3.13. The van der Waals surface area contributed by atoms with Crippen molar-refractivity contribution in [2.24, 2.45) is 5.73 Å². The lowest BCUT2D eigenvalue weighted by Crippen LogP contribution is -2.44. The molecule has 0 aromatic carbocycles. The van der Waals surface area contributed by atoms with Crippen LogP contribution in [0.4, 0.5) is 0 Å². The van der Waals surface area contributed by atoms with Gasteiger partial charge < -0.3 is 15.4 Å². The Balaban J connectivity index is 3.92. The molecule has 14 heavy (non-hydrogen) atoms. The molecular weight excluding hydrogens is 180 g/mol. The highest BCUT2D eigenvalue weighted by Crippen LogP contribution is 1.96. The Morgan fingerprint density at radius 2 is 2.07 bits per heavy atom. The molecule has 0 aliphatic carbocycles. The van der Waals surface area contributed by atoms with Crippen molar-refractivity contribution in [1.29, 1.82) is 0 Å². The predicted octanol–water partition coefficient (Wildman–Crippen LogP) is 0.609. The van der Waals surface area contributed by atoms with Crippen LogP contribution in [0.2, 0.25) is 0 Å². The largest absolute Gasteiger partial charge is 0.380 e. The van der Waals surface area contributed by atoms with Crippen molar-refractivity contribution in [3.05, 3.63) is 0 Å². The van der Waals surface area contributed by atoms with E-state index in [2.05, 4.69) is 0 Å². The summed E-state index contributed by atoms with van der Waals surface area (Å²) in [4.78, 5) is 13.4. The van der Waals surface area contributed by atoms with Gasteiger partial charge in [-0.2, -0.15) is 0 Å². The summed E-state index contributed by atoms with van der Waals surface area (Å²) < 4.78 is 5.19. The van der Waals surface area contributed by atoms with E-state index in [4.69, 9.17) is 10.5 Å². The Morgan fingerprint density at radius 1 is 1.43 bits per heavy atom. The van der Waals surface area contributed by atoms with Crippen LogP contribution in [0.15, 0.2) is 0 Å². The Hall–Kier alpha value is -0.610. The van der Waals surface area contributed by atoms with Gasteiger partial charge in [0, 0.05) is 19.7 Å². The van der Waals surface area contributed by atoms with Gasteiger partial charge in [0.05, 0.1) is 12.6 Å². The lowest BCUT2D eigenvalue weighted by molar-refractivity contribution is -0.133. The number of nitrogens with zero attached hydrogens (tertiary/aromatic N) is 1. The highest BCUT2D eigenvalue weighted by molar-refractivity contribution is 5.81. The summed E-state index contributed by atoms with van der Waals surface area (Å²) in [5.41, 5.74) is 5.67. The van der Waals surface area contributed by atoms with Gasteiger partial charge in [0.2, 0.25) is 5.91 Å². The van der Waals surface area contributed by atoms with Gasteiger partial charge in [0.1, 0.15) is 0 Å². The van der Waals surface area contributed by atoms with Gasteiger partial charge in [0.25, 0.3) is 0 Å². The molecule has 4 heteroatoms. The van der Waals surface area contributed by atoms with Crippen LogP contribution >= 0.6 is 0 Å². The Kier molecular flexibility index (Phi) is 7.42. The molecule has 0 radical (unpaired) electrons. The first-order valence-corrected chi connectivity index (χ1v) is 5.29. The summed E-state index contributed by atoms with van der Waals surface area (Å²) in [6.45, 7) is 8.41. The third-order valence-electron chi connectivity index (χ3n) is 2.16. The third-order valence-corrected chi connectivity index (χ3v) is 2.16. The second-order valence-corrected chi connectivity index (χ2v) is 3.13. The van der Waals surface area contributed by atoms with E-state index in [-0.39, 0.29) is 11.9 Å². The van der Waals surface area contributed by atoms with Crippen molar-refractivity contribution < 1.29 is 9.53 Å². The van der Waals surface area contributed by atoms with Crippen LogP contribution in [0.3, 0.4) is 0 Å². The summed E-state index contributed by atoms with van der Waals surface area (Å²) in [6, 6.07) is -0.364. The zero-order chi connectivity index (χ0) is 11.0. The Morgan fingerprint density at radius 3 is 2.50 bits per heavy atom. The van der Waals surface area contributed by atoms with E-state index in [0.717, 1.165) is 0 Å². The van der Waals surface area contributed by atoms with E-state index >= 15 is 0 Å². The number of hydrogen-bond acceptors (Lipinski definition) is 3. The Labute approximate surface area is 86.4 Å². The van der Waals surface area contributed by atoms with Gasteiger partial charge in [-0.15, -0.1) is 0 Å². The minimum Gasteiger partial charge on any atom is -0.380 e. The molecule has 0 saturated heterocycles. The van der Waals surface area contributed by atoms with Crippen molar-refractivity contribution >= 4 is 5.91 Å². The summed E-state index contributed by atoms with van der Waals surface area (Å²) in [5, 5.41) is 0. The van der Waals surface area contributed by atoms with Crippen LogP contribution in [0, 0.1) is 0 Å². The first-order chi connectivity index (χ1) is 6.67. The quantitative estimate of drug-likeness (QED) is 0.615. The standard InChI is InChI=1S/C10H22N2O2/c1-4-9(11)10(13)12(5-2)7-8-14-6-3/h9H,4-8,11H2,1-3H3/t9-/m1/s1. The van der Waals surface area contributed by atoms with Gasteiger partial charge in [-0.1, -0.05) is 6.92 Å². The first kappa shape index (κ1) is 13.4. The van der Waals surface area contributed by atoms with Crippen LogP contribution in [0.1, 0.15) is 27.2 Å². The van der Waals surface area contributed by atoms with E-state index in [0.29, 0.717) is 32.7 Å². The molecule has 0 heterocycles. The Bertz CT molecular complexity index is 162. The molecule has 1 atom stereocenters. The molecule has 0 aliphatic heterocycles. The molecule has 0 saturated carbocycles. The average Bonchev–Trinajstić information content (AvgIpc) is 2.22. The maximum absolute atomic E-state index is 11.6. The van der Waals surface area contributed by atoms with Gasteiger partial charge in [-0.05, 0) is 20.3 Å². The predicted molar refractivity (Wildman–Crippen MR) is 57.0 cm³/mol. The summed E-state index contributed by atoms with van der Waals surface area (Å²) in [7, 11) is 0. The number of carbonyl (C=O) groups excluding carboxylic acids is 1. The van der Waals surface area contributed by atoms with E-state index < -0.39 is 0 Å². The number of amides is 1. The summed E-state index contributed by atoms with van der Waals surface area (Å²) in [6.07, 6.45) is 0.684. The van der Waals surface area contributed by atoms with E-state index in [1.54, 1.807) is 4.90 Å². The number of nitrogens with two attached hydrogens (primary N) is 1. The smallest absolute Gasteiger partial charge is 0.239 e. The molecule has 84 valence electrons. The molecule has 0 fully saturated rings. The molecule has 0 rings (SSSR count). The maximum atomic E-state index is 11.6. The molecule has 0 unspecified atom stereocenters. The number of carbonyl (C=O) groups is 1. The summed E-state index contributed by atoms with van der Waals surface area (Å²) >= 11 is 0. The molecule has 0 aromatic heterocycles. The van der Waals surface area contributed by atoms with E-state index in [9.17, 15) is 4.79 Å². The van der Waals surface area contributed by atoms with Crippen molar-refractivity contribution in [3.8, 4) is 0 Å². The van der Waals surface area contributed by atoms with E-state index in [1.165, 1.54) is 0 Å².